The molecule has 0 radical (unpaired) electrons. The Bertz CT molecular complexity index is 739. The van der Waals surface area contributed by atoms with E-state index >= 15 is 0 Å². The van der Waals surface area contributed by atoms with Crippen LogP contribution in [0.4, 0.5) is 4.39 Å². The van der Waals surface area contributed by atoms with Gasteiger partial charge in [0.25, 0.3) is 0 Å². The normalized spacial score (nSPS) is 18.0. The summed E-state index contributed by atoms with van der Waals surface area (Å²) in [5, 5.41) is 11.3. The summed E-state index contributed by atoms with van der Waals surface area (Å²) in [6, 6.07) is 8.91. The lowest BCUT2D eigenvalue weighted by atomic mass is 10.2. The standard InChI is InChI=1S/C20H29FN6/c1-3-26-13-4-5-19(26)15-24-20(22-2)23-12-10-17-11-14-27(25-17)18-8-6-16(21)7-9-18/h6-9,11,14,19H,3-5,10,12-13,15H2,1-2H3,(H2,22,23,24). The average Bonchev–Trinajstić information content (AvgIpc) is 3.34. The second kappa shape index (κ2) is 9.50. The highest BCUT2D eigenvalue weighted by molar-refractivity contribution is 5.79. The van der Waals surface area contributed by atoms with Crippen LogP contribution in [0, 0.1) is 5.82 Å². The number of aliphatic imine (C=N–C) groups is 1. The maximum Gasteiger partial charge on any atom is 0.191 e. The van der Waals surface area contributed by atoms with Crippen LogP contribution >= 0.6 is 0 Å². The third kappa shape index (κ3) is 5.29. The molecule has 3 rings (SSSR count). The van der Waals surface area contributed by atoms with Crippen molar-refractivity contribution in [2.24, 2.45) is 4.99 Å². The first-order valence-electron chi connectivity index (χ1n) is 9.68. The van der Waals surface area contributed by atoms with Crippen molar-refractivity contribution in [3.63, 3.8) is 0 Å². The van der Waals surface area contributed by atoms with Crippen molar-refractivity contribution in [1.29, 1.82) is 0 Å². The molecule has 1 aliphatic rings. The number of likely N-dealkylation sites (tertiary alicyclic amines) is 1. The van der Waals surface area contributed by atoms with E-state index in [1.54, 1.807) is 23.9 Å². The Morgan fingerprint density at radius 1 is 1.26 bits per heavy atom. The zero-order chi connectivity index (χ0) is 19.1. The van der Waals surface area contributed by atoms with E-state index in [0.29, 0.717) is 6.04 Å². The Hall–Kier alpha value is -2.41. The number of aromatic nitrogens is 2. The number of likely N-dealkylation sites (N-methyl/N-ethyl adjacent to an activating group) is 1. The maximum atomic E-state index is 13.0. The van der Waals surface area contributed by atoms with Gasteiger partial charge in [0.15, 0.2) is 5.96 Å². The predicted molar refractivity (Wildman–Crippen MR) is 107 cm³/mol. The first kappa shape index (κ1) is 19.4. The van der Waals surface area contributed by atoms with Crippen molar-refractivity contribution in [1.82, 2.24) is 25.3 Å². The fourth-order valence-corrected chi connectivity index (χ4v) is 3.52. The predicted octanol–water partition coefficient (Wildman–Crippen LogP) is 2.20. The minimum atomic E-state index is -0.242. The van der Waals surface area contributed by atoms with E-state index in [1.807, 2.05) is 12.3 Å². The van der Waals surface area contributed by atoms with Gasteiger partial charge < -0.3 is 10.6 Å². The smallest absolute Gasteiger partial charge is 0.191 e. The summed E-state index contributed by atoms with van der Waals surface area (Å²) in [6.07, 6.45) is 5.22. The third-order valence-corrected chi connectivity index (χ3v) is 5.04. The van der Waals surface area contributed by atoms with Crippen molar-refractivity contribution in [2.45, 2.75) is 32.2 Å². The van der Waals surface area contributed by atoms with Gasteiger partial charge in [-0.25, -0.2) is 9.07 Å². The molecule has 1 unspecified atom stereocenters. The molecule has 7 heteroatoms. The van der Waals surface area contributed by atoms with Crippen LogP contribution in [0.5, 0.6) is 0 Å². The molecule has 0 amide bonds. The monoisotopic (exact) mass is 372 g/mol. The summed E-state index contributed by atoms with van der Waals surface area (Å²) >= 11 is 0. The van der Waals surface area contributed by atoms with Crippen LogP contribution in [0.25, 0.3) is 5.69 Å². The Morgan fingerprint density at radius 3 is 2.81 bits per heavy atom. The molecule has 6 nitrogen and oxygen atoms in total. The Morgan fingerprint density at radius 2 is 2.07 bits per heavy atom. The maximum absolute atomic E-state index is 13.0. The van der Waals surface area contributed by atoms with Gasteiger partial charge in [0, 0.05) is 38.8 Å². The molecule has 146 valence electrons. The van der Waals surface area contributed by atoms with E-state index < -0.39 is 0 Å². The van der Waals surface area contributed by atoms with Crippen molar-refractivity contribution in [3.8, 4) is 5.69 Å². The topological polar surface area (TPSA) is 57.5 Å². The van der Waals surface area contributed by atoms with Crippen LogP contribution in [-0.2, 0) is 6.42 Å². The molecule has 1 aromatic carbocycles. The van der Waals surface area contributed by atoms with E-state index in [2.05, 4.69) is 32.5 Å². The number of nitrogens with one attached hydrogen (secondary N) is 2. The van der Waals surface area contributed by atoms with Crippen LogP contribution < -0.4 is 10.6 Å². The second-order valence-electron chi connectivity index (χ2n) is 6.78. The molecular formula is C20H29FN6. The summed E-state index contributed by atoms with van der Waals surface area (Å²) in [4.78, 5) is 6.82. The summed E-state index contributed by atoms with van der Waals surface area (Å²) in [6.45, 7) is 6.20. The van der Waals surface area contributed by atoms with E-state index in [9.17, 15) is 4.39 Å². The van der Waals surface area contributed by atoms with Gasteiger partial charge >= 0.3 is 0 Å². The number of hydrogen-bond donors (Lipinski definition) is 2. The molecule has 1 saturated heterocycles. The zero-order valence-corrected chi connectivity index (χ0v) is 16.2. The van der Waals surface area contributed by atoms with Gasteiger partial charge in [0.2, 0.25) is 0 Å². The highest BCUT2D eigenvalue weighted by Gasteiger charge is 2.22. The lowest BCUT2D eigenvalue weighted by Gasteiger charge is -2.23. The summed E-state index contributed by atoms with van der Waals surface area (Å²) in [5.74, 6) is 0.588. The van der Waals surface area contributed by atoms with Gasteiger partial charge in [-0.3, -0.25) is 9.89 Å². The molecule has 27 heavy (non-hydrogen) atoms. The number of hydrogen-bond acceptors (Lipinski definition) is 3. The van der Waals surface area contributed by atoms with Crippen molar-refractivity contribution in [3.05, 3.63) is 48.0 Å². The van der Waals surface area contributed by atoms with Gasteiger partial charge in [0.1, 0.15) is 5.82 Å². The van der Waals surface area contributed by atoms with Crippen molar-refractivity contribution >= 4 is 5.96 Å². The van der Waals surface area contributed by atoms with E-state index in [-0.39, 0.29) is 5.82 Å². The van der Waals surface area contributed by atoms with Crippen LogP contribution in [0.3, 0.4) is 0 Å². The minimum absolute atomic E-state index is 0.242. The largest absolute Gasteiger partial charge is 0.356 e. The number of nitrogens with zero attached hydrogens (tertiary/aromatic N) is 4. The molecule has 1 aromatic heterocycles. The molecule has 2 heterocycles. The SMILES string of the molecule is CCN1CCCC1CNC(=NC)NCCc1ccn(-c2ccc(F)cc2)n1. The second-order valence-corrected chi connectivity index (χ2v) is 6.78. The number of rotatable bonds is 7. The van der Waals surface area contributed by atoms with Gasteiger partial charge in [-0.2, -0.15) is 5.10 Å². The molecule has 1 fully saturated rings. The highest BCUT2D eigenvalue weighted by Crippen LogP contribution is 2.15. The molecule has 2 aromatic rings. The quantitative estimate of drug-likeness (QED) is 0.578. The molecule has 1 aliphatic heterocycles. The minimum Gasteiger partial charge on any atom is -0.356 e. The van der Waals surface area contributed by atoms with Crippen LogP contribution in [0.15, 0.2) is 41.5 Å². The van der Waals surface area contributed by atoms with Gasteiger partial charge in [0.05, 0.1) is 11.4 Å². The number of guanidine groups is 1. The fraction of sp³-hybridized carbons (Fsp3) is 0.500. The average molecular weight is 372 g/mol. The lowest BCUT2D eigenvalue weighted by Crippen LogP contribution is -2.45. The fourth-order valence-electron chi connectivity index (χ4n) is 3.52. The van der Waals surface area contributed by atoms with Crippen LogP contribution in [0.1, 0.15) is 25.5 Å². The summed E-state index contributed by atoms with van der Waals surface area (Å²) in [7, 11) is 1.80. The molecule has 0 saturated carbocycles. The third-order valence-electron chi connectivity index (χ3n) is 5.04. The lowest BCUT2D eigenvalue weighted by molar-refractivity contribution is 0.267. The first-order valence-corrected chi connectivity index (χ1v) is 9.68. The Labute approximate surface area is 160 Å². The van der Waals surface area contributed by atoms with E-state index in [0.717, 1.165) is 43.4 Å². The number of benzene rings is 1. The molecule has 0 spiro atoms. The summed E-state index contributed by atoms with van der Waals surface area (Å²) in [5.41, 5.74) is 1.83. The Balaban J connectivity index is 1.44. The zero-order valence-electron chi connectivity index (χ0n) is 16.2. The van der Waals surface area contributed by atoms with E-state index in [4.69, 9.17) is 0 Å². The van der Waals surface area contributed by atoms with Gasteiger partial charge in [-0.05, 0) is 56.3 Å². The molecule has 0 aliphatic carbocycles. The highest BCUT2D eigenvalue weighted by atomic mass is 19.1. The Kier molecular flexibility index (Phi) is 6.81. The van der Waals surface area contributed by atoms with E-state index in [1.165, 1.54) is 31.5 Å². The molecule has 0 bridgehead atoms. The van der Waals surface area contributed by atoms with Crippen LogP contribution in [0.2, 0.25) is 0 Å². The molecule has 2 N–H and O–H groups in total. The summed E-state index contributed by atoms with van der Waals surface area (Å²) < 4.78 is 14.8. The molecular weight excluding hydrogens is 343 g/mol. The van der Waals surface area contributed by atoms with Gasteiger partial charge in [-0.1, -0.05) is 6.92 Å². The molecule has 1 atom stereocenters. The first-order chi connectivity index (χ1) is 13.2. The van der Waals surface area contributed by atoms with Crippen LogP contribution in [-0.4, -0.2) is 59.9 Å². The van der Waals surface area contributed by atoms with Gasteiger partial charge in [-0.15, -0.1) is 0 Å². The van der Waals surface area contributed by atoms with Crippen molar-refractivity contribution in [2.75, 3.05) is 33.2 Å². The van der Waals surface area contributed by atoms with Crippen molar-refractivity contribution < 1.29 is 4.39 Å². The number of halogens is 1.